The maximum Gasteiger partial charge on any atom is 0.254 e. The molecule has 0 spiro atoms. The van der Waals surface area contributed by atoms with Crippen molar-refractivity contribution in [2.75, 3.05) is 54.6 Å². The molecule has 0 saturated carbocycles. The van der Waals surface area contributed by atoms with Crippen molar-refractivity contribution in [2.45, 2.75) is 6.54 Å². The standard InChI is InChI=1S/C22H28N2O5/c1-26-18-6-5-16(21(14-18)29-4)15-23-7-9-24(10-8-23)22(25)17-11-19(27-2)13-20(12-17)28-3/h5-6,11-14H,7-10,15H2,1-4H3/p+1. The largest absolute Gasteiger partial charge is 0.497 e. The van der Waals surface area contributed by atoms with Gasteiger partial charge in [0.2, 0.25) is 0 Å². The summed E-state index contributed by atoms with van der Waals surface area (Å²) >= 11 is 0. The molecule has 1 aliphatic heterocycles. The number of carbonyl (C=O) groups excluding carboxylic acids is 1. The third-order valence-corrected chi connectivity index (χ3v) is 5.29. The number of hydrogen-bond donors (Lipinski definition) is 1. The molecule has 0 aliphatic carbocycles. The van der Waals surface area contributed by atoms with Crippen LogP contribution in [0, 0.1) is 0 Å². The number of nitrogens with one attached hydrogen (secondary N) is 1. The van der Waals surface area contributed by atoms with Gasteiger partial charge >= 0.3 is 0 Å². The van der Waals surface area contributed by atoms with E-state index in [0.717, 1.165) is 36.7 Å². The molecule has 7 nitrogen and oxygen atoms in total. The van der Waals surface area contributed by atoms with Gasteiger partial charge in [-0.2, -0.15) is 0 Å². The Bertz CT molecular complexity index is 825. The molecule has 0 aromatic heterocycles. The Morgan fingerprint density at radius 1 is 0.862 bits per heavy atom. The summed E-state index contributed by atoms with van der Waals surface area (Å²) in [5.41, 5.74) is 1.72. The lowest BCUT2D eigenvalue weighted by Crippen LogP contribution is -3.13. The van der Waals surface area contributed by atoms with Gasteiger partial charge in [0.25, 0.3) is 5.91 Å². The third-order valence-electron chi connectivity index (χ3n) is 5.29. The Balaban J connectivity index is 1.63. The number of quaternary nitrogens is 1. The number of rotatable bonds is 7. The van der Waals surface area contributed by atoms with E-state index < -0.39 is 0 Å². The summed E-state index contributed by atoms with van der Waals surface area (Å²) in [6.07, 6.45) is 0. The third kappa shape index (κ3) is 4.92. The molecular weight excluding hydrogens is 372 g/mol. The van der Waals surface area contributed by atoms with Crippen molar-refractivity contribution in [1.29, 1.82) is 0 Å². The molecule has 1 fully saturated rings. The van der Waals surface area contributed by atoms with E-state index in [1.165, 1.54) is 4.90 Å². The van der Waals surface area contributed by atoms with Crippen molar-refractivity contribution < 1.29 is 28.6 Å². The summed E-state index contributed by atoms with van der Waals surface area (Å²) in [5, 5.41) is 0. The van der Waals surface area contributed by atoms with Crippen LogP contribution in [0.5, 0.6) is 23.0 Å². The van der Waals surface area contributed by atoms with E-state index in [0.29, 0.717) is 30.2 Å². The van der Waals surface area contributed by atoms with E-state index in [1.54, 1.807) is 46.6 Å². The van der Waals surface area contributed by atoms with E-state index in [1.807, 2.05) is 23.1 Å². The lowest BCUT2D eigenvalue weighted by Gasteiger charge is -2.32. The number of piperazine rings is 1. The van der Waals surface area contributed by atoms with Crippen molar-refractivity contribution in [3.63, 3.8) is 0 Å². The van der Waals surface area contributed by atoms with Gasteiger partial charge in [-0.25, -0.2) is 0 Å². The minimum atomic E-state index is 0.00304. The van der Waals surface area contributed by atoms with Gasteiger partial charge in [0.05, 0.1) is 54.6 Å². The van der Waals surface area contributed by atoms with Crippen LogP contribution >= 0.6 is 0 Å². The maximum absolute atomic E-state index is 12.9. The van der Waals surface area contributed by atoms with Gasteiger partial charge in [-0.3, -0.25) is 4.79 Å². The Hall–Kier alpha value is -2.93. The number of ether oxygens (including phenoxy) is 4. The van der Waals surface area contributed by atoms with Crippen LogP contribution in [0.4, 0.5) is 0 Å². The maximum atomic E-state index is 12.9. The van der Waals surface area contributed by atoms with Crippen LogP contribution in [0.2, 0.25) is 0 Å². The number of methoxy groups -OCH3 is 4. The lowest BCUT2D eigenvalue weighted by molar-refractivity contribution is -0.917. The first-order valence-electron chi connectivity index (χ1n) is 9.64. The SMILES string of the molecule is COc1cc(OC)cc(C(=O)N2CC[NH+](Cc3ccc(OC)cc3OC)CC2)c1. The van der Waals surface area contributed by atoms with Gasteiger partial charge in [0.15, 0.2) is 0 Å². The lowest BCUT2D eigenvalue weighted by atomic mass is 10.1. The molecule has 1 aliphatic rings. The molecular formula is C22H29N2O5+. The van der Waals surface area contributed by atoms with Gasteiger partial charge in [0.1, 0.15) is 29.5 Å². The average Bonchev–Trinajstić information content (AvgIpc) is 2.78. The minimum absolute atomic E-state index is 0.00304. The Labute approximate surface area is 171 Å². The molecule has 7 heteroatoms. The van der Waals surface area contributed by atoms with Gasteiger partial charge in [-0.05, 0) is 24.3 Å². The molecule has 1 amide bonds. The first-order valence-corrected chi connectivity index (χ1v) is 9.64. The summed E-state index contributed by atoms with van der Waals surface area (Å²) in [5.74, 6) is 2.85. The quantitative estimate of drug-likeness (QED) is 0.757. The van der Waals surface area contributed by atoms with Crippen LogP contribution < -0.4 is 23.8 Å². The smallest absolute Gasteiger partial charge is 0.254 e. The highest BCUT2D eigenvalue weighted by atomic mass is 16.5. The second-order valence-corrected chi connectivity index (χ2v) is 7.00. The number of benzene rings is 2. The predicted octanol–water partition coefficient (Wildman–Crippen LogP) is 1.26. The highest BCUT2D eigenvalue weighted by Crippen LogP contribution is 2.25. The Morgan fingerprint density at radius 3 is 2.03 bits per heavy atom. The molecule has 0 radical (unpaired) electrons. The van der Waals surface area contributed by atoms with E-state index in [9.17, 15) is 4.79 Å². The molecule has 1 N–H and O–H groups in total. The fraction of sp³-hybridized carbons (Fsp3) is 0.409. The summed E-state index contributed by atoms with van der Waals surface area (Å²) in [6.45, 7) is 4.00. The summed E-state index contributed by atoms with van der Waals surface area (Å²) in [6, 6.07) is 11.2. The zero-order chi connectivity index (χ0) is 20.8. The van der Waals surface area contributed by atoms with Crippen molar-refractivity contribution in [3.8, 4) is 23.0 Å². The van der Waals surface area contributed by atoms with Gasteiger partial charge < -0.3 is 28.7 Å². The second-order valence-electron chi connectivity index (χ2n) is 7.00. The van der Waals surface area contributed by atoms with Crippen molar-refractivity contribution >= 4 is 5.91 Å². The van der Waals surface area contributed by atoms with Crippen LogP contribution in [0.15, 0.2) is 36.4 Å². The average molecular weight is 401 g/mol. The molecule has 2 aromatic carbocycles. The highest BCUT2D eigenvalue weighted by Gasteiger charge is 2.26. The summed E-state index contributed by atoms with van der Waals surface area (Å²) in [7, 11) is 6.48. The van der Waals surface area contributed by atoms with Gasteiger partial charge in [-0.1, -0.05) is 0 Å². The number of nitrogens with zero attached hydrogens (tertiary/aromatic N) is 1. The predicted molar refractivity (Wildman–Crippen MR) is 109 cm³/mol. The molecule has 0 unspecified atom stereocenters. The van der Waals surface area contributed by atoms with E-state index in [2.05, 4.69) is 0 Å². The van der Waals surface area contributed by atoms with Crippen LogP contribution in [0.25, 0.3) is 0 Å². The topological polar surface area (TPSA) is 61.7 Å². The normalized spacial score (nSPS) is 14.4. The first kappa shape index (κ1) is 20.8. The van der Waals surface area contributed by atoms with Crippen LogP contribution in [-0.4, -0.2) is 65.4 Å². The zero-order valence-corrected chi connectivity index (χ0v) is 17.5. The Kier molecular flexibility index (Phi) is 6.82. The molecule has 0 bridgehead atoms. The molecule has 156 valence electrons. The Morgan fingerprint density at radius 2 is 1.48 bits per heavy atom. The highest BCUT2D eigenvalue weighted by molar-refractivity contribution is 5.95. The fourth-order valence-corrected chi connectivity index (χ4v) is 3.58. The molecule has 3 rings (SSSR count). The first-order chi connectivity index (χ1) is 14.1. The minimum Gasteiger partial charge on any atom is -0.497 e. The molecule has 29 heavy (non-hydrogen) atoms. The van der Waals surface area contributed by atoms with E-state index >= 15 is 0 Å². The van der Waals surface area contributed by atoms with E-state index in [-0.39, 0.29) is 5.91 Å². The molecule has 1 saturated heterocycles. The van der Waals surface area contributed by atoms with Crippen molar-refractivity contribution in [3.05, 3.63) is 47.5 Å². The van der Waals surface area contributed by atoms with Crippen LogP contribution in [0.1, 0.15) is 15.9 Å². The monoisotopic (exact) mass is 401 g/mol. The number of amides is 1. The molecule has 2 aromatic rings. The fourth-order valence-electron chi connectivity index (χ4n) is 3.58. The summed E-state index contributed by atoms with van der Waals surface area (Å²) < 4.78 is 21.3. The van der Waals surface area contributed by atoms with Crippen molar-refractivity contribution in [1.82, 2.24) is 4.90 Å². The summed E-state index contributed by atoms with van der Waals surface area (Å²) in [4.78, 5) is 16.3. The zero-order valence-electron chi connectivity index (χ0n) is 17.5. The number of hydrogen-bond acceptors (Lipinski definition) is 5. The van der Waals surface area contributed by atoms with Gasteiger partial charge in [0, 0.05) is 23.3 Å². The second kappa shape index (κ2) is 9.52. The molecule has 1 heterocycles. The number of carbonyl (C=O) groups is 1. The van der Waals surface area contributed by atoms with Crippen LogP contribution in [-0.2, 0) is 6.54 Å². The van der Waals surface area contributed by atoms with Crippen LogP contribution in [0.3, 0.4) is 0 Å². The van der Waals surface area contributed by atoms with Crippen molar-refractivity contribution in [2.24, 2.45) is 0 Å². The molecule has 0 atom stereocenters. The van der Waals surface area contributed by atoms with E-state index in [4.69, 9.17) is 18.9 Å². The van der Waals surface area contributed by atoms with Gasteiger partial charge in [-0.15, -0.1) is 0 Å².